The standard InChI is InChI=1S/C15H15Br2NO3/c1-9(2)21-13-11(16)14(17)18(12(13)15(19)20)8-10-6-4-3-5-7-10/h3-7,9H,8H2,1-2H3,(H,19,20). The minimum atomic E-state index is -1.02. The third-order valence-corrected chi connectivity index (χ3v) is 4.93. The van der Waals surface area contributed by atoms with Crippen molar-refractivity contribution in [1.82, 2.24) is 4.57 Å². The first-order valence-corrected chi connectivity index (χ1v) is 8.01. The van der Waals surface area contributed by atoms with Crippen LogP contribution in [0.5, 0.6) is 5.75 Å². The van der Waals surface area contributed by atoms with Gasteiger partial charge in [0.15, 0.2) is 11.4 Å². The molecule has 1 N–H and O–H groups in total. The van der Waals surface area contributed by atoms with Crippen molar-refractivity contribution in [3.05, 3.63) is 50.7 Å². The number of benzene rings is 1. The molecule has 1 aromatic carbocycles. The van der Waals surface area contributed by atoms with E-state index in [9.17, 15) is 9.90 Å². The van der Waals surface area contributed by atoms with Crippen LogP contribution in [0.4, 0.5) is 0 Å². The second-order valence-corrected chi connectivity index (χ2v) is 6.37. The molecule has 0 atom stereocenters. The number of aromatic carboxylic acids is 1. The van der Waals surface area contributed by atoms with Gasteiger partial charge in [0.25, 0.3) is 0 Å². The van der Waals surface area contributed by atoms with Crippen LogP contribution in [0.2, 0.25) is 0 Å². The van der Waals surface area contributed by atoms with Crippen LogP contribution in [0.1, 0.15) is 29.9 Å². The molecule has 0 amide bonds. The molecule has 21 heavy (non-hydrogen) atoms. The number of halogens is 2. The first kappa shape index (κ1) is 16.1. The number of carboxylic acids is 1. The number of hydrogen-bond acceptors (Lipinski definition) is 2. The second-order valence-electron chi connectivity index (χ2n) is 4.83. The minimum absolute atomic E-state index is 0.112. The van der Waals surface area contributed by atoms with Crippen molar-refractivity contribution in [3.63, 3.8) is 0 Å². The van der Waals surface area contributed by atoms with Gasteiger partial charge in [-0.25, -0.2) is 4.79 Å². The summed E-state index contributed by atoms with van der Waals surface area (Å²) in [6, 6.07) is 9.68. The molecule has 0 fully saturated rings. The molecule has 0 aliphatic heterocycles. The van der Waals surface area contributed by atoms with Crippen LogP contribution in [0, 0.1) is 0 Å². The summed E-state index contributed by atoms with van der Waals surface area (Å²) in [5, 5.41) is 9.53. The van der Waals surface area contributed by atoms with Gasteiger partial charge in [-0.05, 0) is 51.3 Å². The third-order valence-electron chi connectivity index (χ3n) is 2.84. The average Bonchev–Trinajstić information content (AvgIpc) is 2.65. The summed E-state index contributed by atoms with van der Waals surface area (Å²) in [7, 11) is 0. The molecule has 1 aromatic heterocycles. The molecule has 0 unspecified atom stereocenters. The lowest BCUT2D eigenvalue weighted by Crippen LogP contribution is -2.13. The molecule has 0 spiro atoms. The Morgan fingerprint density at radius 2 is 1.90 bits per heavy atom. The van der Waals surface area contributed by atoms with Crippen LogP contribution >= 0.6 is 31.9 Å². The molecular formula is C15H15Br2NO3. The number of aromatic nitrogens is 1. The number of ether oxygens (including phenoxy) is 1. The SMILES string of the molecule is CC(C)Oc1c(Br)c(Br)n(Cc2ccccc2)c1C(=O)O. The highest BCUT2D eigenvalue weighted by Gasteiger charge is 2.26. The van der Waals surface area contributed by atoms with E-state index in [0.717, 1.165) is 5.56 Å². The fraction of sp³-hybridized carbons (Fsp3) is 0.267. The molecule has 112 valence electrons. The quantitative estimate of drug-likeness (QED) is 0.777. The Balaban J connectivity index is 2.52. The van der Waals surface area contributed by atoms with Gasteiger partial charge >= 0.3 is 5.97 Å². The van der Waals surface area contributed by atoms with Crippen LogP contribution < -0.4 is 4.74 Å². The lowest BCUT2D eigenvalue weighted by Gasteiger charge is -2.11. The Morgan fingerprint density at radius 1 is 1.29 bits per heavy atom. The predicted octanol–water partition coefficient (Wildman–Crippen LogP) is 4.55. The number of nitrogens with zero attached hydrogens (tertiary/aromatic N) is 1. The van der Waals surface area contributed by atoms with E-state index in [0.29, 0.717) is 21.4 Å². The molecule has 2 rings (SSSR count). The summed E-state index contributed by atoms with van der Waals surface area (Å²) >= 11 is 6.85. The third kappa shape index (κ3) is 3.49. The van der Waals surface area contributed by atoms with E-state index >= 15 is 0 Å². The lowest BCUT2D eigenvalue weighted by atomic mass is 10.2. The molecular weight excluding hydrogens is 402 g/mol. The Bertz CT molecular complexity index is 651. The monoisotopic (exact) mass is 415 g/mol. The Hall–Kier alpha value is -1.27. The summed E-state index contributed by atoms with van der Waals surface area (Å²) in [5.74, 6) is -0.673. The zero-order chi connectivity index (χ0) is 15.6. The molecule has 0 aliphatic rings. The average molecular weight is 417 g/mol. The maximum atomic E-state index is 11.6. The van der Waals surface area contributed by atoms with Gasteiger partial charge in [-0.3, -0.25) is 0 Å². The summed E-state index contributed by atoms with van der Waals surface area (Å²) in [4.78, 5) is 11.6. The van der Waals surface area contributed by atoms with Crippen molar-refractivity contribution in [2.45, 2.75) is 26.5 Å². The summed E-state index contributed by atoms with van der Waals surface area (Å²) in [6.07, 6.45) is -0.112. The van der Waals surface area contributed by atoms with Gasteiger partial charge in [0, 0.05) is 6.54 Å². The van der Waals surface area contributed by atoms with Crippen LogP contribution in [0.15, 0.2) is 39.4 Å². The zero-order valence-electron chi connectivity index (χ0n) is 11.6. The maximum Gasteiger partial charge on any atom is 0.356 e. The molecule has 0 saturated carbocycles. The van der Waals surface area contributed by atoms with E-state index in [1.165, 1.54) is 0 Å². The smallest absolute Gasteiger partial charge is 0.356 e. The van der Waals surface area contributed by atoms with Gasteiger partial charge in [0.2, 0.25) is 0 Å². The van der Waals surface area contributed by atoms with Gasteiger partial charge in [-0.15, -0.1) is 0 Å². The van der Waals surface area contributed by atoms with E-state index in [2.05, 4.69) is 31.9 Å². The normalized spacial score (nSPS) is 10.9. The molecule has 4 nitrogen and oxygen atoms in total. The largest absolute Gasteiger partial charge is 0.487 e. The summed E-state index contributed by atoms with van der Waals surface area (Å²) in [5.41, 5.74) is 1.14. The molecule has 2 aromatic rings. The van der Waals surface area contributed by atoms with E-state index in [4.69, 9.17) is 4.74 Å². The Morgan fingerprint density at radius 3 is 2.43 bits per heavy atom. The van der Waals surface area contributed by atoms with E-state index in [1.54, 1.807) is 4.57 Å². The van der Waals surface area contributed by atoms with Gasteiger partial charge < -0.3 is 14.4 Å². The van der Waals surface area contributed by atoms with Gasteiger partial charge in [-0.2, -0.15) is 0 Å². The molecule has 0 saturated heterocycles. The summed E-state index contributed by atoms with van der Waals surface area (Å²) < 4.78 is 8.61. The number of hydrogen-bond donors (Lipinski definition) is 1. The van der Waals surface area contributed by atoms with Gasteiger partial charge in [0.05, 0.1) is 10.6 Å². The van der Waals surface area contributed by atoms with Crippen molar-refractivity contribution in [3.8, 4) is 5.75 Å². The Labute approximate surface area is 140 Å². The molecule has 0 radical (unpaired) electrons. The first-order valence-electron chi connectivity index (χ1n) is 6.43. The first-order chi connectivity index (χ1) is 9.91. The van der Waals surface area contributed by atoms with Crippen molar-refractivity contribution in [2.24, 2.45) is 0 Å². The van der Waals surface area contributed by atoms with E-state index in [1.807, 2.05) is 44.2 Å². The molecule has 0 aliphatic carbocycles. The predicted molar refractivity (Wildman–Crippen MR) is 88.1 cm³/mol. The lowest BCUT2D eigenvalue weighted by molar-refractivity contribution is 0.0678. The van der Waals surface area contributed by atoms with E-state index < -0.39 is 5.97 Å². The van der Waals surface area contributed by atoms with E-state index in [-0.39, 0.29) is 11.8 Å². The molecule has 1 heterocycles. The van der Waals surface area contributed by atoms with Gasteiger partial charge in [0.1, 0.15) is 4.60 Å². The van der Waals surface area contributed by atoms with Crippen LogP contribution in [0.3, 0.4) is 0 Å². The zero-order valence-corrected chi connectivity index (χ0v) is 14.8. The van der Waals surface area contributed by atoms with Crippen LogP contribution in [0.25, 0.3) is 0 Å². The van der Waals surface area contributed by atoms with Crippen LogP contribution in [-0.4, -0.2) is 21.7 Å². The number of rotatable bonds is 5. The van der Waals surface area contributed by atoms with Gasteiger partial charge in [-0.1, -0.05) is 30.3 Å². The van der Waals surface area contributed by atoms with Crippen molar-refractivity contribution in [2.75, 3.05) is 0 Å². The highest BCUT2D eigenvalue weighted by molar-refractivity contribution is 9.13. The van der Waals surface area contributed by atoms with Crippen molar-refractivity contribution >= 4 is 37.8 Å². The fourth-order valence-electron chi connectivity index (χ4n) is 2.01. The maximum absolute atomic E-state index is 11.6. The second kappa shape index (κ2) is 6.66. The molecule has 0 bridgehead atoms. The highest BCUT2D eigenvalue weighted by Crippen LogP contribution is 2.40. The topological polar surface area (TPSA) is 51.5 Å². The minimum Gasteiger partial charge on any atom is -0.487 e. The number of carbonyl (C=O) groups is 1. The summed E-state index contributed by atoms with van der Waals surface area (Å²) in [6.45, 7) is 4.17. The van der Waals surface area contributed by atoms with Crippen molar-refractivity contribution < 1.29 is 14.6 Å². The molecule has 6 heteroatoms. The van der Waals surface area contributed by atoms with Crippen molar-refractivity contribution in [1.29, 1.82) is 0 Å². The number of carboxylic acid groups (broad SMARTS) is 1. The fourth-order valence-corrected chi connectivity index (χ4v) is 2.99. The highest BCUT2D eigenvalue weighted by atomic mass is 79.9. The van der Waals surface area contributed by atoms with Crippen LogP contribution in [-0.2, 0) is 6.54 Å². The Kier molecular flexibility index (Phi) is 5.11.